The summed E-state index contributed by atoms with van der Waals surface area (Å²) in [5.74, 6) is 0. The summed E-state index contributed by atoms with van der Waals surface area (Å²) in [5, 5.41) is 7.95. The molecule has 7 heavy (non-hydrogen) atoms. The maximum Gasteiger partial charge on any atom is 0.328 e. The Balaban J connectivity index is 3.21. The zero-order valence-corrected chi connectivity index (χ0v) is 4.68. The minimum absolute atomic E-state index is 0.433. The first-order chi connectivity index (χ1) is 3.31. The van der Waals surface area contributed by atoms with E-state index in [1.165, 1.54) is 6.92 Å². The van der Waals surface area contributed by atoms with E-state index in [0.717, 1.165) is 0 Å². The lowest BCUT2D eigenvalue weighted by atomic mass is 10.5. The zero-order valence-electron chi connectivity index (χ0n) is 3.79. The molecule has 0 aromatic heterocycles. The first-order valence-electron chi connectivity index (χ1n) is 1.69. The summed E-state index contributed by atoms with van der Waals surface area (Å²) in [4.78, 5) is 0. The van der Waals surface area contributed by atoms with E-state index in [0.29, 0.717) is 0 Å². The van der Waals surface area contributed by atoms with Gasteiger partial charge in [-0.05, 0) is 6.92 Å². The van der Waals surface area contributed by atoms with Crippen LogP contribution in [-0.4, -0.2) is 6.10 Å². The van der Waals surface area contributed by atoms with E-state index < -0.39 is 14.8 Å². The van der Waals surface area contributed by atoms with E-state index in [4.69, 9.17) is 5.26 Å². The monoisotopic (exact) mass is 117 g/mol. The van der Waals surface area contributed by atoms with Gasteiger partial charge in [0.2, 0.25) is 0 Å². The molecule has 0 fully saturated rings. The Hall–Kier alpha value is -0.450. The van der Waals surface area contributed by atoms with Crippen LogP contribution in [0.2, 0.25) is 0 Å². The van der Waals surface area contributed by atoms with Crippen LogP contribution >= 0.6 is 8.69 Å². The molecule has 0 spiro atoms. The number of hydrogen-bond donors (Lipinski definition) is 0. The lowest BCUT2D eigenvalue weighted by Gasteiger charge is -1.88. The number of nitriles is 1. The van der Waals surface area contributed by atoms with E-state index >= 15 is 0 Å². The minimum atomic E-state index is -0.570. The molecule has 0 amide bonds. The first-order valence-corrected chi connectivity index (χ1v) is 2.42. The maximum atomic E-state index is 9.50. The van der Waals surface area contributed by atoms with E-state index in [1.54, 1.807) is 6.07 Å². The van der Waals surface area contributed by atoms with Crippen molar-refractivity contribution in [1.82, 2.24) is 0 Å². The molecule has 0 aromatic carbocycles. The van der Waals surface area contributed by atoms with Gasteiger partial charge in [-0.3, -0.25) is 4.52 Å². The molecule has 38 valence electrons. The summed E-state index contributed by atoms with van der Waals surface area (Å²) >= 11 is 0. The van der Waals surface area contributed by atoms with E-state index in [9.17, 15) is 4.57 Å². The van der Waals surface area contributed by atoms with E-state index in [2.05, 4.69) is 4.52 Å². The SMILES string of the molecule is CC(C#N)OP=O. The second-order valence-corrected chi connectivity index (χ2v) is 1.31. The van der Waals surface area contributed by atoms with Gasteiger partial charge in [0.15, 0.2) is 6.10 Å². The van der Waals surface area contributed by atoms with Gasteiger partial charge in [-0.2, -0.15) is 5.26 Å². The molecule has 0 N–H and O–H groups in total. The van der Waals surface area contributed by atoms with Crippen molar-refractivity contribution < 1.29 is 9.09 Å². The smallest absolute Gasteiger partial charge is 0.276 e. The molecule has 0 saturated carbocycles. The lowest BCUT2D eigenvalue weighted by Crippen LogP contribution is -1.93. The van der Waals surface area contributed by atoms with E-state index in [-0.39, 0.29) is 0 Å². The van der Waals surface area contributed by atoms with Crippen molar-refractivity contribution in [3.8, 4) is 6.07 Å². The van der Waals surface area contributed by atoms with Gasteiger partial charge in [0, 0.05) is 0 Å². The third kappa shape index (κ3) is 3.38. The van der Waals surface area contributed by atoms with Crippen LogP contribution in [0.3, 0.4) is 0 Å². The molecule has 0 aliphatic carbocycles. The number of rotatable bonds is 2. The fraction of sp³-hybridized carbons (Fsp3) is 0.667. The minimum Gasteiger partial charge on any atom is -0.276 e. The summed E-state index contributed by atoms with van der Waals surface area (Å²) in [5.41, 5.74) is 0. The van der Waals surface area contributed by atoms with Crippen molar-refractivity contribution in [1.29, 1.82) is 5.26 Å². The van der Waals surface area contributed by atoms with Crippen molar-refractivity contribution in [2.75, 3.05) is 0 Å². The summed E-state index contributed by atoms with van der Waals surface area (Å²) in [6.07, 6.45) is -0.570. The van der Waals surface area contributed by atoms with Crippen LogP contribution in [0.1, 0.15) is 6.92 Å². The second kappa shape index (κ2) is 3.73. The lowest BCUT2D eigenvalue weighted by molar-refractivity contribution is 0.302. The average molecular weight is 117 g/mol. The number of hydrogen-bond acceptors (Lipinski definition) is 3. The fourth-order valence-corrected chi connectivity index (χ4v) is 0.264. The zero-order chi connectivity index (χ0) is 5.70. The predicted octanol–water partition coefficient (Wildman–Crippen LogP) is 1.12. The molecule has 0 saturated heterocycles. The molecule has 0 radical (unpaired) electrons. The highest BCUT2D eigenvalue weighted by Gasteiger charge is 1.94. The van der Waals surface area contributed by atoms with Gasteiger partial charge in [0.25, 0.3) is 0 Å². The van der Waals surface area contributed by atoms with Crippen LogP contribution in [0.5, 0.6) is 0 Å². The van der Waals surface area contributed by atoms with Crippen molar-refractivity contribution >= 4 is 8.69 Å². The fourth-order valence-electron chi connectivity index (χ4n) is 0.0881. The van der Waals surface area contributed by atoms with Crippen molar-refractivity contribution in [2.45, 2.75) is 13.0 Å². The molecule has 1 unspecified atom stereocenters. The Morgan fingerprint density at radius 3 is 2.71 bits per heavy atom. The standard InChI is InChI=1S/C3H4NO2P/c1-3(2-4)6-7-5/h3H,1H3. The van der Waals surface area contributed by atoms with Crippen molar-refractivity contribution in [3.63, 3.8) is 0 Å². The van der Waals surface area contributed by atoms with Crippen LogP contribution in [0.4, 0.5) is 0 Å². The molecule has 3 nitrogen and oxygen atoms in total. The Morgan fingerprint density at radius 2 is 2.57 bits per heavy atom. The van der Waals surface area contributed by atoms with Gasteiger partial charge in [-0.15, -0.1) is 0 Å². The second-order valence-electron chi connectivity index (χ2n) is 0.951. The summed E-state index contributed by atoms with van der Waals surface area (Å²) < 4.78 is 13.7. The summed E-state index contributed by atoms with van der Waals surface area (Å²) in [6.45, 7) is 1.52. The molecule has 1 atom stereocenters. The predicted molar refractivity (Wildman–Crippen MR) is 23.8 cm³/mol. The molecule has 0 aliphatic heterocycles. The average Bonchev–Trinajstić information content (AvgIpc) is 1.68. The highest BCUT2D eigenvalue weighted by molar-refractivity contribution is 7.17. The van der Waals surface area contributed by atoms with Crippen LogP contribution in [0, 0.1) is 11.3 Å². The molecule has 4 heteroatoms. The Labute approximate surface area is 43.2 Å². The highest BCUT2D eigenvalue weighted by Crippen LogP contribution is 1.98. The van der Waals surface area contributed by atoms with Crippen molar-refractivity contribution in [3.05, 3.63) is 0 Å². The van der Waals surface area contributed by atoms with Gasteiger partial charge in [0.1, 0.15) is 0 Å². The molecular formula is C3H4NO2P. The van der Waals surface area contributed by atoms with Gasteiger partial charge in [0.05, 0.1) is 6.07 Å². The third-order valence-electron chi connectivity index (χ3n) is 0.383. The molecule has 0 heterocycles. The highest BCUT2D eigenvalue weighted by atomic mass is 31.1. The number of nitrogens with zero attached hydrogens (tertiary/aromatic N) is 1. The topological polar surface area (TPSA) is 50.1 Å². The Bertz CT molecular complexity index is 97.6. The van der Waals surface area contributed by atoms with Crippen LogP contribution < -0.4 is 0 Å². The molecule has 0 rings (SSSR count). The maximum absolute atomic E-state index is 9.50. The molecule has 0 aromatic rings. The summed E-state index contributed by atoms with van der Waals surface area (Å²) in [6, 6.07) is 1.74. The van der Waals surface area contributed by atoms with Crippen molar-refractivity contribution in [2.24, 2.45) is 0 Å². The van der Waals surface area contributed by atoms with Crippen LogP contribution in [0.25, 0.3) is 0 Å². The van der Waals surface area contributed by atoms with Crippen LogP contribution in [-0.2, 0) is 9.09 Å². The first kappa shape index (κ1) is 6.55. The molecule has 0 bridgehead atoms. The summed E-state index contributed by atoms with van der Waals surface area (Å²) in [7, 11) is -0.433. The van der Waals surface area contributed by atoms with Gasteiger partial charge >= 0.3 is 8.69 Å². The largest absolute Gasteiger partial charge is 0.328 e. The molecule has 0 aliphatic rings. The normalized spacial score (nSPS) is 13.1. The molecular weight excluding hydrogens is 113 g/mol. The van der Waals surface area contributed by atoms with Gasteiger partial charge in [-0.25, -0.2) is 4.57 Å². The van der Waals surface area contributed by atoms with Crippen LogP contribution in [0.15, 0.2) is 0 Å². The third-order valence-corrected chi connectivity index (χ3v) is 0.785. The van der Waals surface area contributed by atoms with E-state index in [1.807, 2.05) is 0 Å². The van der Waals surface area contributed by atoms with Gasteiger partial charge in [-0.1, -0.05) is 0 Å². The Morgan fingerprint density at radius 1 is 2.00 bits per heavy atom. The quantitative estimate of drug-likeness (QED) is 0.509. The van der Waals surface area contributed by atoms with Gasteiger partial charge < -0.3 is 0 Å². The Kier molecular flexibility index (Phi) is 3.49.